The van der Waals surface area contributed by atoms with Crippen LogP contribution < -0.4 is 24.8 Å². The number of ether oxygens (including phenoxy) is 3. The number of para-hydroxylation sites is 1. The third kappa shape index (κ3) is 5.32. The van der Waals surface area contributed by atoms with Crippen LogP contribution in [0, 0.1) is 0 Å². The largest absolute Gasteiger partial charge is 0.493 e. The minimum absolute atomic E-state index is 0.0551. The molecule has 0 bridgehead atoms. The van der Waals surface area contributed by atoms with Crippen molar-refractivity contribution in [1.82, 2.24) is 15.2 Å². The molecule has 3 N–H and O–H groups in total. The van der Waals surface area contributed by atoms with Gasteiger partial charge in [0.25, 0.3) is 11.8 Å². The molecule has 2 aromatic carbocycles. The zero-order chi connectivity index (χ0) is 24.7. The third-order valence-electron chi connectivity index (χ3n) is 5.27. The number of fused-ring (bicyclic) bond motifs is 1. The maximum Gasteiger partial charge on any atom is 0.267 e. The van der Waals surface area contributed by atoms with Crippen molar-refractivity contribution in [3.8, 4) is 17.2 Å². The number of aliphatic hydroxyl groups is 1. The predicted molar refractivity (Wildman–Crippen MR) is 129 cm³/mol. The first-order chi connectivity index (χ1) is 16.4. The molecule has 1 heterocycles. The van der Waals surface area contributed by atoms with E-state index in [2.05, 4.69) is 10.6 Å². The molecule has 3 rings (SSSR count). The van der Waals surface area contributed by atoms with Gasteiger partial charge in [0, 0.05) is 48.4 Å². The molecule has 0 atom stereocenters. The van der Waals surface area contributed by atoms with Crippen molar-refractivity contribution >= 4 is 28.8 Å². The number of benzene rings is 2. The van der Waals surface area contributed by atoms with Gasteiger partial charge in [-0.2, -0.15) is 0 Å². The van der Waals surface area contributed by atoms with Crippen LogP contribution in [0.15, 0.2) is 48.3 Å². The Morgan fingerprint density at radius 3 is 2.35 bits per heavy atom. The lowest BCUT2D eigenvalue weighted by Crippen LogP contribution is -2.35. The second-order valence-corrected chi connectivity index (χ2v) is 7.47. The number of carbonyl (C=O) groups is 2. The van der Waals surface area contributed by atoms with Crippen molar-refractivity contribution in [3.05, 3.63) is 59.4 Å². The van der Waals surface area contributed by atoms with Gasteiger partial charge < -0.3 is 34.5 Å². The van der Waals surface area contributed by atoms with E-state index in [9.17, 15) is 9.59 Å². The fraction of sp³-hybridized carbons (Fsp3) is 0.280. The summed E-state index contributed by atoms with van der Waals surface area (Å²) in [5.74, 6) is -0.00185. The number of nitrogens with one attached hydrogen (secondary N) is 2. The number of aliphatic hydroxyl groups excluding tert-OH is 1. The molecule has 0 saturated carbocycles. The quantitative estimate of drug-likeness (QED) is 0.312. The number of aryl methyl sites for hydroxylation is 1. The minimum Gasteiger partial charge on any atom is -0.493 e. The van der Waals surface area contributed by atoms with Crippen LogP contribution in [0.25, 0.3) is 17.0 Å². The van der Waals surface area contributed by atoms with E-state index in [0.29, 0.717) is 23.7 Å². The summed E-state index contributed by atoms with van der Waals surface area (Å²) in [4.78, 5) is 26.1. The molecule has 0 unspecified atom stereocenters. The van der Waals surface area contributed by atoms with Gasteiger partial charge in [0.1, 0.15) is 5.70 Å². The summed E-state index contributed by atoms with van der Waals surface area (Å²) in [6.07, 6.45) is 3.91. The first kappa shape index (κ1) is 24.7. The lowest BCUT2D eigenvalue weighted by Gasteiger charge is -2.15. The van der Waals surface area contributed by atoms with Crippen LogP contribution >= 0.6 is 0 Å². The van der Waals surface area contributed by atoms with Gasteiger partial charge >= 0.3 is 0 Å². The molecule has 0 aliphatic carbocycles. The van der Waals surface area contributed by atoms with Crippen molar-refractivity contribution < 1.29 is 28.9 Å². The van der Waals surface area contributed by atoms with E-state index in [1.807, 2.05) is 42.1 Å². The molecule has 9 heteroatoms. The lowest BCUT2D eigenvalue weighted by atomic mass is 10.1. The van der Waals surface area contributed by atoms with E-state index in [4.69, 9.17) is 19.3 Å². The number of amides is 2. The molecule has 0 aliphatic rings. The van der Waals surface area contributed by atoms with Crippen LogP contribution in [0.4, 0.5) is 0 Å². The Bertz CT molecular complexity index is 1190. The highest BCUT2D eigenvalue weighted by Crippen LogP contribution is 2.38. The van der Waals surface area contributed by atoms with Crippen molar-refractivity contribution in [2.24, 2.45) is 7.05 Å². The summed E-state index contributed by atoms with van der Waals surface area (Å²) in [5, 5.41) is 15.4. The highest BCUT2D eigenvalue weighted by atomic mass is 16.5. The van der Waals surface area contributed by atoms with Crippen LogP contribution in [0.3, 0.4) is 0 Å². The Balaban J connectivity index is 2.00. The zero-order valence-corrected chi connectivity index (χ0v) is 19.7. The van der Waals surface area contributed by atoms with Crippen LogP contribution in [0.1, 0.15) is 22.3 Å². The maximum absolute atomic E-state index is 13.2. The average Bonchev–Trinajstić information content (AvgIpc) is 3.17. The van der Waals surface area contributed by atoms with E-state index in [1.165, 1.54) is 33.5 Å². The smallest absolute Gasteiger partial charge is 0.267 e. The Morgan fingerprint density at radius 1 is 1.06 bits per heavy atom. The first-order valence-corrected chi connectivity index (χ1v) is 10.7. The summed E-state index contributed by atoms with van der Waals surface area (Å²) in [6.45, 7) is 0.211. The number of aromatic nitrogens is 1. The van der Waals surface area contributed by atoms with Gasteiger partial charge in [-0.3, -0.25) is 9.59 Å². The van der Waals surface area contributed by atoms with E-state index < -0.39 is 11.8 Å². The number of carbonyl (C=O) groups excluding carboxylic acids is 2. The van der Waals surface area contributed by atoms with Crippen LogP contribution in [-0.4, -0.2) is 56.0 Å². The summed E-state index contributed by atoms with van der Waals surface area (Å²) >= 11 is 0. The fourth-order valence-corrected chi connectivity index (χ4v) is 3.58. The Morgan fingerprint density at radius 2 is 1.74 bits per heavy atom. The van der Waals surface area contributed by atoms with Gasteiger partial charge in [0.2, 0.25) is 5.75 Å². The normalized spacial score (nSPS) is 11.3. The number of hydrogen-bond acceptors (Lipinski definition) is 6. The van der Waals surface area contributed by atoms with Gasteiger partial charge in [-0.05, 0) is 30.7 Å². The molecule has 0 fully saturated rings. The topological polar surface area (TPSA) is 111 Å². The summed E-state index contributed by atoms with van der Waals surface area (Å²) in [7, 11) is 6.30. The molecule has 1 aromatic heterocycles. The third-order valence-corrected chi connectivity index (χ3v) is 5.27. The summed E-state index contributed by atoms with van der Waals surface area (Å²) in [5.41, 5.74) is 2.05. The van der Waals surface area contributed by atoms with Crippen molar-refractivity contribution in [3.63, 3.8) is 0 Å². The van der Waals surface area contributed by atoms with Crippen LogP contribution in [0.2, 0.25) is 0 Å². The van der Waals surface area contributed by atoms with Crippen molar-refractivity contribution in [2.45, 2.75) is 6.42 Å². The highest BCUT2D eigenvalue weighted by molar-refractivity contribution is 6.07. The highest BCUT2D eigenvalue weighted by Gasteiger charge is 2.20. The second kappa shape index (κ2) is 11.2. The van der Waals surface area contributed by atoms with Gasteiger partial charge in [-0.25, -0.2) is 0 Å². The Hall–Kier alpha value is -3.98. The van der Waals surface area contributed by atoms with Gasteiger partial charge in [0.05, 0.1) is 21.3 Å². The molecule has 9 nitrogen and oxygen atoms in total. The molecule has 34 heavy (non-hydrogen) atoms. The Kier molecular flexibility index (Phi) is 8.15. The number of nitrogens with zero attached hydrogens (tertiary/aromatic N) is 1. The molecule has 0 radical (unpaired) electrons. The fourth-order valence-electron chi connectivity index (χ4n) is 3.58. The summed E-state index contributed by atoms with van der Waals surface area (Å²) in [6, 6.07) is 10.8. The van der Waals surface area contributed by atoms with Gasteiger partial charge in [-0.1, -0.05) is 18.2 Å². The minimum atomic E-state index is -0.525. The molecule has 0 saturated heterocycles. The van der Waals surface area contributed by atoms with Crippen LogP contribution in [0.5, 0.6) is 17.2 Å². The molecule has 180 valence electrons. The Labute approximate surface area is 197 Å². The molecule has 2 amide bonds. The summed E-state index contributed by atoms with van der Waals surface area (Å²) < 4.78 is 17.9. The molecular weight excluding hydrogens is 438 g/mol. The van der Waals surface area contributed by atoms with Crippen LogP contribution in [-0.2, 0) is 11.8 Å². The second-order valence-electron chi connectivity index (χ2n) is 7.47. The first-order valence-electron chi connectivity index (χ1n) is 10.7. The molecule has 0 aliphatic heterocycles. The van der Waals surface area contributed by atoms with E-state index >= 15 is 0 Å². The van der Waals surface area contributed by atoms with Gasteiger partial charge in [-0.15, -0.1) is 0 Å². The number of methoxy groups -OCH3 is 3. The lowest BCUT2D eigenvalue weighted by molar-refractivity contribution is -0.117. The average molecular weight is 468 g/mol. The maximum atomic E-state index is 13.2. The monoisotopic (exact) mass is 467 g/mol. The predicted octanol–water partition coefficient (Wildman–Crippen LogP) is 2.47. The molecule has 3 aromatic rings. The van der Waals surface area contributed by atoms with E-state index in [-0.39, 0.29) is 24.4 Å². The molecular formula is C25H29N3O6. The zero-order valence-electron chi connectivity index (χ0n) is 19.7. The SMILES string of the molecule is COc1cc(C(=O)NC(=Cc2cn(C)c3ccccc23)C(=O)NCCCO)cc(OC)c1OC. The number of rotatable bonds is 10. The molecule has 0 spiro atoms. The van der Waals surface area contributed by atoms with Crippen molar-refractivity contribution in [1.29, 1.82) is 0 Å². The van der Waals surface area contributed by atoms with Crippen molar-refractivity contribution in [2.75, 3.05) is 34.5 Å². The van der Waals surface area contributed by atoms with Gasteiger partial charge in [0.15, 0.2) is 11.5 Å². The van der Waals surface area contributed by atoms with E-state index in [0.717, 1.165) is 16.5 Å². The van der Waals surface area contributed by atoms with E-state index in [1.54, 1.807) is 6.08 Å². The standard InChI is InChI=1S/C25H29N3O6/c1-28-15-17(18-8-5-6-9-20(18)28)12-19(25(31)26-10-7-11-29)27-24(30)16-13-21(32-2)23(34-4)22(14-16)33-3/h5-6,8-9,12-15,29H,7,10-11H2,1-4H3,(H,26,31)(H,27,30). The number of hydrogen-bond donors (Lipinski definition) is 3.